The Morgan fingerprint density at radius 2 is 1.28 bits per heavy atom. The Kier molecular flexibility index (Phi) is 8.33. The summed E-state index contributed by atoms with van der Waals surface area (Å²) in [6.07, 6.45) is 12.5. The van der Waals surface area contributed by atoms with Crippen LogP contribution in [0.4, 0.5) is 11.4 Å². The van der Waals surface area contributed by atoms with Gasteiger partial charge in [-0.25, -0.2) is 0 Å². The minimum atomic E-state index is 0.159. The Morgan fingerprint density at radius 1 is 0.561 bits per heavy atom. The quantitative estimate of drug-likeness (QED) is 0.163. The number of nitrogens with zero attached hydrogens (tertiary/aromatic N) is 1. The van der Waals surface area contributed by atoms with Crippen LogP contribution in [0.15, 0.2) is 200 Å². The van der Waals surface area contributed by atoms with Crippen LogP contribution in [0.2, 0.25) is 0 Å². The molecule has 2 aliphatic rings. The highest BCUT2D eigenvalue weighted by Gasteiger charge is 2.28. The van der Waals surface area contributed by atoms with Crippen molar-refractivity contribution in [2.75, 3.05) is 10.2 Å². The number of aryl methyl sites for hydroxylation is 1. The lowest BCUT2D eigenvalue weighted by Gasteiger charge is -2.36. The lowest BCUT2D eigenvalue weighted by molar-refractivity contribution is 0.779. The van der Waals surface area contributed by atoms with Crippen LogP contribution in [-0.2, 0) is 6.42 Å². The molecule has 0 bridgehead atoms. The maximum absolute atomic E-state index is 3.89. The normalized spacial score (nSPS) is 15.1. The van der Waals surface area contributed by atoms with Crippen molar-refractivity contribution in [3.63, 3.8) is 0 Å². The van der Waals surface area contributed by atoms with Gasteiger partial charge in [0.15, 0.2) is 0 Å². The first-order chi connectivity index (χ1) is 28.3. The highest BCUT2D eigenvalue weighted by Crippen LogP contribution is 2.45. The molecule has 3 heteroatoms. The van der Waals surface area contributed by atoms with Crippen molar-refractivity contribution in [1.29, 1.82) is 0 Å². The summed E-state index contributed by atoms with van der Waals surface area (Å²) in [5, 5.41) is 12.9. The first-order valence-electron chi connectivity index (χ1n) is 20.0. The second-order valence-corrected chi connectivity index (χ2v) is 16.2. The SMILES string of the molecule is C1=CC(N(C2=CCCc3c2sc2ccccc32)c2ccc(-c3ccccc3)cc2)CC=C1Nc1ccccc1-c1cc2ccccc2c2ccc3ccccc3c12. The summed E-state index contributed by atoms with van der Waals surface area (Å²) in [6, 6.07) is 62.2. The molecule has 0 fully saturated rings. The monoisotopic (exact) mass is 748 g/mol. The predicted molar refractivity (Wildman–Crippen MR) is 246 cm³/mol. The molecule has 0 radical (unpaired) electrons. The van der Waals surface area contributed by atoms with Crippen LogP contribution in [0.3, 0.4) is 0 Å². The van der Waals surface area contributed by atoms with Gasteiger partial charge in [-0.3, -0.25) is 0 Å². The summed E-state index contributed by atoms with van der Waals surface area (Å²) in [6.45, 7) is 0. The summed E-state index contributed by atoms with van der Waals surface area (Å²) in [4.78, 5) is 3.99. The van der Waals surface area contributed by atoms with E-state index in [1.54, 1.807) is 0 Å². The third-order valence-corrected chi connectivity index (χ3v) is 13.1. The Morgan fingerprint density at radius 3 is 2.12 bits per heavy atom. The Labute approximate surface area is 337 Å². The zero-order valence-electron chi connectivity index (χ0n) is 31.5. The third-order valence-electron chi connectivity index (χ3n) is 11.8. The van der Waals surface area contributed by atoms with Crippen molar-refractivity contribution in [2.45, 2.75) is 25.3 Å². The van der Waals surface area contributed by atoms with Crippen molar-refractivity contribution in [2.24, 2.45) is 0 Å². The Balaban J connectivity index is 0.961. The summed E-state index contributed by atoms with van der Waals surface area (Å²) in [5.41, 5.74) is 11.2. The number of thiophene rings is 1. The number of fused-ring (bicyclic) bond motifs is 8. The average molecular weight is 749 g/mol. The molecule has 11 rings (SSSR count). The van der Waals surface area contributed by atoms with Crippen LogP contribution in [0, 0.1) is 0 Å². The first-order valence-corrected chi connectivity index (χ1v) is 20.8. The van der Waals surface area contributed by atoms with Gasteiger partial charge in [0.05, 0.1) is 16.6 Å². The molecule has 8 aromatic carbocycles. The predicted octanol–water partition coefficient (Wildman–Crippen LogP) is 14.8. The summed E-state index contributed by atoms with van der Waals surface area (Å²) in [7, 11) is 0. The van der Waals surface area contributed by atoms with Gasteiger partial charge in [-0.2, -0.15) is 0 Å². The second kappa shape index (κ2) is 14.1. The number of para-hydroxylation sites is 1. The van der Waals surface area contributed by atoms with Gasteiger partial charge in [0.25, 0.3) is 0 Å². The van der Waals surface area contributed by atoms with Crippen molar-refractivity contribution >= 4 is 70.8 Å². The molecule has 272 valence electrons. The van der Waals surface area contributed by atoms with Gasteiger partial charge < -0.3 is 10.2 Å². The molecule has 57 heavy (non-hydrogen) atoms. The number of rotatable bonds is 7. The first kappa shape index (κ1) is 33.6. The molecule has 2 nitrogen and oxygen atoms in total. The van der Waals surface area contributed by atoms with Gasteiger partial charge in [0.2, 0.25) is 0 Å². The van der Waals surface area contributed by atoms with E-state index in [1.807, 2.05) is 11.3 Å². The molecule has 1 unspecified atom stereocenters. The summed E-state index contributed by atoms with van der Waals surface area (Å²) >= 11 is 1.94. The zero-order valence-corrected chi connectivity index (χ0v) is 32.3. The maximum Gasteiger partial charge on any atom is 0.0561 e. The molecule has 0 spiro atoms. The van der Waals surface area contributed by atoms with E-state index in [9.17, 15) is 0 Å². The largest absolute Gasteiger partial charge is 0.355 e. The molecule has 9 aromatic rings. The molecule has 1 heterocycles. The molecular weight excluding hydrogens is 709 g/mol. The lowest BCUT2D eigenvalue weighted by Crippen LogP contribution is -2.34. The Bertz CT molecular complexity index is 3080. The lowest BCUT2D eigenvalue weighted by atomic mass is 9.89. The maximum atomic E-state index is 3.89. The molecule has 1 atom stereocenters. The Hall–Kier alpha value is -6.68. The fourth-order valence-electron chi connectivity index (χ4n) is 9.13. The van der Waals surface area contributed by atoms with E-state index in [0.717, 1.165) is 30.6 Å². The van der Waals surface area contributed by atoms with Gasteiger partial charge in [0.1, 0.15) is 0 Å². The van der Waals surface area contributed by atoms with Gasteiger partial charge in [-0.05, 0) is 116 Å². The van der Waals surface area contributed by atoms with Crippen LogP contribution in [-0.4, -0.2) is 6.04 Å². The zero-order chi connectivity index (χ0) is 37.7. The fourth-order valence-corrected chi connectivity index (χ4v) is 10.4. The average Bonchev–Trinajstić information content (AvgIpc) is 3.67. The minimum absolute atomic E-state index is 0.159. The highest BCUT2D eigenvalue weighted by atomic mass is 32.1. The topological polar surface area (TPSA) is 15.3 Å². The molecule has 0 aliphatic heterocycles. The standard InChI is InChI=1S/C54H40N2S/c1-2-13-36(14-3-1)37-25-30-41(31-26-37)56(51-23-12-21-48-46-20-9-11-24-52(46)57-54(48)51)42-32-28-40(29-33-42)55-50-22-10-8-19-45(50)49-35-39-16-5-6-17-43(39)47-34-27-38-15-4-7-18-44(38)53(47)49/h1-11,13-20,22-32,34-35,42,55H,12,21,33H2. The minimum Gasteiger partial charge on any atom is -0.355 e. The van der Waals surface area contributed by atoms with Crippen molar-refractivity contribution < 1.29 is 0 Å². The summed E-state index contributed by atoms with van der Waals surface area (Å²) in [5.74, 6) is 0. The number of anilines is 2. The van der Waals surface area contributed by atoms with E-state index in [1.165, 1.54) is 86.5 Å². The van der Waals surface area contributed by atoms with Gasteiger partial charge in [0, 0.05) is 27.3 Å². The van der Waals surface area contributed by atoms with Crippen molar-refractivity contribution in [1.82, 2.24) is 0 Å². The fraction of sp³-hybridized carbons (Fsp3) is 0.0741. The number of hydrogen-bond donors (Lipinski definition) is 1. The van der Waals surface area contributed by atoms with Crippen LogP contribution < -0.4 is 10.2 Å². The molecule has 0 saturated carbocycles. The van der Waals surface area contributed by atoms with Gasteiger partial charge in [-0.15, -0.1) is 11.3 Å². The van der Waals surface area contributed by atoms with E-state index >= 15 is 0 Å². The highest BCUT2D eigenvalue weighted by molar-refractivity contribution is 7.20. The molecular formula is C54H40N2S. The second-order valence-electron chi connectivity index (χ2n) is 15.2. The van der Waals surface area contributed by atoms with E-state index in [2.05, 4.69) is 204 Å². The smallest absolute Gasteiger partial charge is 0.0561 e. The van der Waals surface area contributed by atoms with E-state index in [-0.39, 0.29) is 6.04 Å². The van der Waals surface area contributed by atoms with Crippen molar-refractivity contribution in [3.05, 3.63) is 210 Å². The molecule has 2 aliphatic carbocycles. The van der Waals surface area contributed by atoms with E-state index in [0.29, 0.717) is 0 Å². The van der Waals surface area contributed by atoms with Gasteiger partial charge in [-0.1, -0.05) is 158 Å². The van der Waals surface area contributed by atoms with Crippen LogP contribution >= 0.6 is 11.3 Å². The molecule has 0 saturated heterocycles. The number of allylic oxidation sites excluding steroid dienone is 2. The third kappa shape index (κ3) is 5.94. The summed E-state index contributed by atoms with van der Waals surface area (Å²) < 4.78 is 1.37. The van der Waals surface area contributed by atoms with Crippen LogP contribution in [0.5, 0.6) is 0 Å². The van der Waals surface area contributed by atoms with E-state index < -0.39 is 0 Å². The van der Waals surface area contributed by atoms with E-state index in [4.69, 9.17) is 0 Å². The van der Waals surface area contributed by atoms with Crippen LogP contribution in [0.1, 0.15) is 23.3 Å². The molecule has 1 aromatic heterocycles. The number of nitrogens with one attached hydrogen (secondary N) is 1. The molecule has 1 N–H and O–H groups in total. The van der Waals surface area contributed by atoms with Crippen LogP contribution in [0.25, 0.3) is 70.4 Å². The van der Waals surface area contributed by atoms with Crippen molar-refractivity contribution in [3.8, 4) is 22.3 Å². The molecule has 0 amide bonds. The number of benzene rings is 8. The van der Waals surface area contributed by atoms with Gasteiger partial charge >= 0.3 is 0 Å². The number of hydrogen-bond acceptors (Lipinski definition) is 3.